The SMILES string of the molecule is CCCn1c(SC)[n+](C)c([O-])c(C)c1=O. The quantitative estimate of drug-likeness (QED) is 0.421. The fourth-order valence-corrected chi connectivity index (χ4v) is 2.32. The van der Waals surface area contributed by atoms with Crippen molar-refractivity contribution in [3.63, 3.8) is 0 Å². The maximum Gasteiger partial charge on any atom is 0.340 e. The van der Waals surface area contributed by atoms with Gasteiger partial charge >= 0.3 is 10.7 Å². The Kier molecular flexibility index (Phi) is 3.79. The molecule has 4 nitrogen and oxygen atoms in total. The maximum absolute atomic E-state index is 11.8. The molecule has 0 aliphatic carbocycles. The van der Waals surface area contributed by atoms with Crippen molar-refractivity contribution in [1.29, 1.82) is 0 Å². The number of aromatic nitrogens is 2. The fourth-order valence-electron chi connectivity index (χ4n) is 1.57. The average molecular weight is 228 g/mol. The molecule has 0 saturated heterocycles. The lowest BCUT2D eigenvalue weighted by Crippen LogP contribution is -2.44. The van der Waals surface area contributed by atoms with Crippen LogP contribution in [-0.2, 0) is 13.6 Å². The van der Waals surface area contributed by atoms with Crippen LogP contribution in [0.5, 0.6) is 5.88 Å². The van der Waals surface area contributed by atoms with Gasteiger partial charge in [0.2, 0.25) is 0 Å². The zero-order valence-corrected chi connectivity index (χ0v) is 10.3. The van der Waals surface area contributed by atoms with E-state index in [1.807, 2.05) is 13.2 Å². The summed E-state index contributed by atoms with van der Waals surface area (Å²) in [6.07, 6.45) is 2.75. The normalized spacial score (nSPS) is 10.7. The van der Waals surface area contributed by atoms with E-state index in [0.717, 1.165) is 11.6 Å². The largest absolute Gasteiger partial charge is 0.842 e. The van der Waals surface area contributed by atoms with Crippen molar-refractivity contribution in [2.45, 2.75) is 32.0 Å². The van der Waals surface area contributed by atoms with Crippen LogP contribution in [0.2, 0.25) is 0 Å². The summed E-state index contributed by atoms with van der Waals surface area (Å²) in [7, 11) is 1.70. The van der Waals surface area contributed by atoms with Crippen LogP contribution < -0.4 is 15.2 Å². The van der Waals surface area contributed by atoms with Crippen molar-refractivity contribution in [2.24, 2.45) is 7.05 Å². The second kappa shape index (κ2) is 4.70. The Morgan fingerprint density at radius 1 is 1.53 bits per heavy atom. The van der Waals surface area contributed by atoms with Gasteiger partial charge < -0.3 is 5.11 Å². The number of hydrogen-bond acceptors (Lipinski definition) is 3. The molecule has 0 aromatic carbocycles. The molecule has 0 bridgehead atoms. The van der Waals surface area contributed by atoms with Crippen LogP contribution in [0.15, 0.2) is 9.95 Å². The van der Waals surface area contributed by atoms with Crippen LogP contribution >= 0.6 is 11.8 Å². The van der Waals surface area contributed by atoms with E-state index in [-0.39, 0.29) is 11.4 Å². The molecule has 1 rings (SSSR count). The number of thioether (sulfide) groups is 1. The van der Waals surface area contributed by atoms with Crippen molar-refractivity contribution in [1.82, 2.24) is 4.57 Å². The lowest BCUT2D eigenvalue weighted by atomic mass is 10.3. The molecule has 0 unspecified atom stereocenters. The van der Waals surface area contributed by atoms with Gasteiger partial charge in [-0.2, -0.15) is 4.57 Å². The molecule has 0 aliphatic rings. The van der Waals surface area contributed by atoms with E-state index in [9.17, 15) is 9.90 Å². The van der Waals surface area contributed by atoms with E-state index in [1.165, 1.54) is 16.3 Å². The Bertz CT molecular complexity index is 426. The fraction of sp³-hybridized carbons (Fsp3) is 0.600. The minimum atomic E-state index is -0.197. The molecule has 0 atom stereocenters. The highest BCUT2D eigenvalue weighted by Crippen LogP contribution is 2.12. The third-order valence-corrected chi connectivity index (χ3v) is 3.20. The molecule has 5 heteroatoms. The summed E-state index contributed by atoms with van der Waals surface area (Å²) in [5, 5.41) is 12.4. The first kappa shape index (κ1) is 12.1. The van der Waals surface area contributed by atoms with Crippen LogP contribution in [0.25, 0.3) is 0 Å². The van der Waals surface area contributed by atoms with E-state index in [4.69, 9.17) is 0 Å². The zero-order chi connectivity index (χ0) is 11.6. The third kappa shape index (κ3) is 2.02. The Morgan fingerprint density at radius 3 is 2.60 bits per heavy atom. The summed E-state index contributed by atoms with van der Waals surface area (Å²) >= 11 is 1.42. The van der Waals surface area contributed by atoms with Gasteiger partial charge in [-0.05, 0) is 31.4 Å². The van der Waals surface area contributed by atoms with Crippen LogP contribution in [0.3, 0.4) is 0 Å². The lowest BCUT2D eigenvalue weighted by Gasteiger charge is -2.14. The summed E-state index contributed by atoms with van der Waals surface area (Å²) in [6, 6.07) is 0. The molecule has 0 amide bonds. The lowest BCUT2D eigenvalue weighted by molar-refractivity contribution is -0.752. The van der Waals surface area contributed by atoms with Crippen molar-refractivity contribution in [3.05, 3.63) is 15.9 Å². The number of hydrogen-bond donors (Lipinski definition) is 0. The summed E-state index contributed by atoms with van der Waals surface area (Å²) < 4.78 is 3.21. The molecule has 1 aromatic rings. The first-order valence-corrected chi connectivity index (χ1v) is 6.11. The molecule has 15 heavy (non-hydrogen) atoms. The van der Waals surface area contributed by atoms with Gasteiger partial charge in [0.1, 0.15) is 0 Å². The summed E-state index contributed by atoms with van der Waals surface area (Å²) in [6.45, 7) is 4.25. The minimum Gasteiger partial charge on any atom is -0.842 e. The molecular formula is C10H16N2O2S. The van der Waals surface area contributed by atoms with Crippen molar-refractivity contribution >= 4 is 11.8 Å². The first-order chi connectivity index (χ1) is 7.04. The van der Waals surface area contributed by atoms with Gasteiger partial charge in [-0.3, -0.25) is 0 Å². The third-order valence-electron chi connectivity index (χ3n) is 2.34. The Morgan fingerprint density at radius 2 is 2.13 bits per heavy atom. The van der Waals surface area contributed by atoms with Gasteiger partial charge in [0.15, 0.2) is 0 Å². The second-order valence-corrected chi connectivity index (χ2v) is 4.21. The van der Waals surface area contributed by atoms with E-state index in [0.29, 0.717) is 12.1 Å². The molecule has 0 fully saturated rings. The Hall–Kier alpha value is -0.970. The van der Waals surface area contributed by atoms with Crippen LogP contribution in [0.4, 0.5) is 0 Å². The monoisotopic (exact) mass is 228 g/mol. The van der Waals surface area contributed by atoms with Gasteiger partial charge in [-0.15, -0.1) is 0 Å². The van der Waals surface area contributed by atoms with E-state index in [2.05, 4.69) is 0 Å². The topological polar surface area (TPSA) is 48.9 Å². The molecule has 84 valence electrons. The Balaban J connectivity index is 3.55. The van der Waals surface area contributed by atoms with Gasteiger partial charge in [0.25, 0.3) is 0 Å². The molecule has 0 spiro atoms. The predicted octanol–water partition coefficient (Wildman–Crippen LogP) is 0.187. The molecule has 0 radical (unpaired) electrons. The van der Waals surface area contributed by atoms with E-state index >= 15 is 0 Å². The van der Waals surface area contributed by atoms with Gasteiger partial charge in [-0.1, -0.05) is 6.92 Å². The zero-order valence-electron chi connectivity index (χ0n) is 9.53. The highest BCUT2D eigenvalue weighted by Gasteiger charge is 2.18. The molecule has 0 saturated carbocycles. The molecule has 0 N–H and O–H groups in total. The highest BCUT2D eigenvalue weighted by molar-refractivity contribution is 7.98. The predicted molar refractivity (Wildman–Crippen MR) is 58.1 cm³/mol. The smallest absolute Gasteiger partial charge is 0.340 e. The summed E-state index contributed by atoms with van der Waals surface area (Å²) in [5.74, 6) is -0.197. The number of rotatable bonds is 3. The number of nitrogens with zero attached hydrogens (tertiary/aromatic N) is 2. The van der Waals surface area contributed by atoms with E-state index < -0.39 is 0 Å². The summed E-state index contributed by atoms with van der Waals surface area (Å²) in [5.41, 5.74) is 0.132. The van der Waals surface area contributed by atoms with E-state index in [1.54, 1.807) is 18.5 Å². The van der Waals surface area contributed by atoms with Crippen LogP contribution in [-0.4, -0.2) is 10.8 Å². The van der Waals surface area contributed by atoms with Crippen LogP contribution in [0, 0.1) is 6.92 Å². The molecular weight excluding hydrogens is 212 g/mol. The van der Waals surface area contributed by atoms with Gasteiger partial charge in [0.05, 0.1) is 25.0 Å². The average Bonchev–Trinajstić information content (AvgIpc) is 2.24. The van der Waals surface area contributed by atoms with Crippen molar-refractivity contribution in [2.75, 3.05) is 6.26 Å². The Labute approximate surface area is 93.6 Å². The minimum absolute atomic E-state index is 0.163. The first-order valence-electron chi connectivity index (χ1n) is 4.89. The van der Waals surface area contributed by atoms with Crippen molar-refractivity contribution < 1.29 is 9.67 Å². The maximum atomic E-state index is 11.8. The molecule has 1 aromatic heterocycles. The van der Waals surface area contributed by atoms with Gasteiger partial charge in [-0.25, -0.2) is 9.36 Å². The standard InChI is InChI=1S/C10H16N2O2S/c1-5-6-12-9(14)7(2)8(13)11(3)10(12)15-4/h5-6H2,1-4H3. The molecule has 0 aliphatic heterocycles. The highest BCUT2D eigenvalue weighted by atomic mass is 32.2. The van der Waals surface area contributed by atoms with Crippen molar-refractivity contribution in [3.8, 4) is 5.88 Å². The van der Waals surface area contributed by atoms with Gasteiger partial charge in [0, 0.05) is 0 Å². The second-order valence-electron chi connectivity index (χ2n) is 3.43. The van der Waals surface area contributed by atoms with Crippen LogP contribution in [0.1, 0.15) is 18.9 Å². The summed E-state index contributed by atoms with van der Waals surface area (Å²) in [4.78, 5) is 11.8. The molecule has 1 heterocycles.